The van der Waals surface area contributed by atoms with Crippen molar-refractivity contribution in [2.45, 2.75) is 96.7 Å². The lowest BCUT2D eigenvalue weighted by molar-refractivity contribution is -0.137. The highest BCUT2D eigenvalue weighted by Crippen LogP contribution is 2.49. The predicted molar refractivity (Wildman–Crippen MR) is 374 cm³/mol. The average Bonchev–Trinajstić information content (AvgIpc) is 1.57. The number of primary amides is 1. The third-order valence-electron chi connectivity index (χ3n) is 17.6. The van der Waals surface area contributed by atoms with E-state index in [0.29, 0.717) is 75.5 Å². The zero-order valence-corrected chi connectivity index (χ0v) is 57.0. The van der Waals surface area contributed by atoms with E-state index in [0.717, 1.165) is 57.7 Å². The van der Waals surface area contributed by atoms with E-state index in [1.54, 1.807) is 86.5 Å². The summed E-state index contributed by atoms with van der Waals surface area (Å²) in [6.45, 7) is 9.78. The fraction of sp³-hybridized carbons (Fsp3) is 0.400. The van der Waals surface area contributed by atoms with Crippen LogP contribution in [-0.4, -0.2) is 180 Å². The Morgan fingerprint density at radius 3 is 2.16 bits per heavy atom. The monoisotopic (exact) mass is 1380 g/mol. The summed E-state index contributed by atoms with van der Waals surface area (Å²) >= 11 is 8.06. The van der Waals surface area contributed by atoms with Crippen LogP contribution >= 0.6 is 22.9 Å². The maximum absolute atomic E-state index is 14.7. The number of alkyl halides is 1. The first-order valence-corrected chi connectivity index (χ1v) is 34.2. The number of hydrogen-bond donors (Lipinski definition) is 8. The first-order valence-electron chi connectivity index (χ1n) is 32.8. The lowest BCUT2D eigenvalue weighted by atomic mass is 9.97. The summed E-state index contributed by atoms with van der Waals surface area (Å²) in [5.41, 5.74) is 11.3. The summed E-state index contributed by atoms with van der Waals surface area (Å²) in [7, 11) is 3.07. The van der Waals surface area contributed by atoms with E-state index in [-0.39, 0.29) is 112 Å². The van der Waals surface area contributed by atoms with Crippen LogP contribution in [0.15, 0.2) is 96.4 Å². The summed E-state index contributed by atoms with van der Waals surface area (Å²) in [5.74, 6) is -2.30. The number of imide groups is 1. The molecule has 1 saturated heterocycles. The number of H-pyrrole nitrogens is 2. The Hall–Kier alpha value is -9.99. The van der Waals surface area contributed by atoms with Gasteiger partial charge in [0.15, 0.2) is 5.75 Å². The van der Waals surface area contributed by atoms with Gasteiger partial charge in [-0.05, 0) is 147 Å². The van der Waals surface area contributed by atoms with E-state index in [4.69, 9.17) is 31.5 Å². The number of amides is 11. The van der Waals surface area contributed by atoms with Crippen molar-refractivity contribution in [1.29, 1.82) is 0 Å². The van der Waals surface area contributed by atoms with Crippen LogP contribution in [0, 0.1) is 12.8 Å². The largest absolute Gasteiger partial charge is 0.492 e. The lowest BCUT2D eigenvalue weighted by Gasteiger charge is -2.25. The van der Waals surface area contributed by atoms with Gasteiger partial charge >= 0.3 is 18.2 Å². The molecule has 0 saturated carbocycles. The second kappa shape index (κ2) is 32.4. The fourth-order valence-corrected chi connectivity index (χ4v) is 13.4. The van der Waals surface area contributed by atoms with Crippen molar-refractivity contribution in [1.82, 2.24) is 45.5 Å². The molecule has 3 aromatic heterocycles. The van der Waals surface area contributed by atoms with Gasteiger partial charge in [0.05, 0.1) is 10.4 Å². The fourth-order valence-electron chi connectivity index (χ4n) is 12.1. The molecule has 9 N–H and O–H groups in total. The molecule has 0 spiro atoms. The highest BCUT2D eigenvalue weighted by molar-refractivity contribution is 7.17. The molecule has 0 radical (unpaired) electrons. The molecule has 3 aliphatic heterocycles. The maximum Gasteiger partial charge on any atom is 0.415 e. The Balaban J connectivity index is 0.700. The number of nitrogens with one attached hydrogen (secondary N) is 7. The molecule has 11 amide bonds. The average molecular weight is 1380 g/mol. The molecule has 4 aromatic carbocycles. The van der Waals surface area contributed by atoms with Gasteiger partial charge in [-0.15, -0.1) is 22.9 Å². The smallest absolute Gasteiger partial charge is 0.415 e. The highest BCUT2D eigenvalue weighted by Gasteiger charge is 2.38. The first-order chi connectivity index (χ1) is 47.1. The number of aromatic amines is 2. The number of thiophene rings is 1. The number of halogens is 1. The van der Waals surface area contributed by atoms with Crippen molar-refractivity contribution in [2.24, 2.45) is 11.7 Å². The van der Waals surface area contributed by atoms with E-state index in [2.05, 4.69) is 41.5 Å². The number of aryl methyl sites for hydroxylation is 1. The van der Waals surface area contributed by atoms with E-state index < -0.39 is 42.1 Å². The number of fused-ring (bicyclic) bond motifs is 5. The molecule has 0 bridgehead atoms. The van der Waals surface area contributed by atoms with Crippen molar-refractivity contribution in [3.8, 4) is 11.5 Å². The second-order valence-electron chi connectivity index (χ2n) is 25.2. The molecular formula is C70H82ClN13O13S. The normalized spacial score (nSPS) is 15.0. The number of likely N-dealkylation sites (N-methyl/N-ethyl adjacent to an activating group) is 2. The molecule has 98 heavy (non-hydrogen) atoms. The van der Waals surface area contributed by atoms with Gasteiger partial charge < -0.3 is 71.2 Å². The van der Waals surface area contributed by atoms with Crippen molar-refractivity contribution >= 4 is 131 Å². The Kier molecular flexibility index (Phi) is 23.4. The van der Waals surface area contributed by atoms with Gasteiger partial charge in [-0.3, -0.25) is 43.4 Å². The van der Waals surface area contributed by atoms with Crippen molar-refractivity contribution < 1.29 is 62.2 Å². The number of rotatable bonds is 30. The minimum absolute atomic E-state index is 0.0600. The van der Waals surface area contributed by atoms with Gasteiger partial charge in [-0.1, -0.05) is 32.4 Å². The molecular weight excluding hydrogens is 1300 g/mol. The maximum atomic E-state index is 14.7. The summed E-state index contributed by atoms with van der Waals surface area (Å²) in [6, 6.07) is 20.0. The van der Waals surface area contributed by atoms with Gasteiger partial charge in [0.1, 0.15) is 42.4 Å². The van der Waals surface area contributed by atoms with Gasteiger partial charge in [-0.25, -0.2) is 14.4 Å². The number of nitrogens with zero attached hydrogens (tertiary/aromatic N) is 5. The molecule has 10 rings (SSSR count). The molecule has 3 aliphatic rings. The molecule has 0 unspecified atom stereocenters. The Morgan fingerprint density at radius 1 is 0.765 bits per heavy atom. The number of likely N-dealkylation sites (tertiary alicyclic amines) is 1. The van der Waals surface area contributed by atoms with Crippen LogP contribution in [0.2, 0.25) is 0 Å². The number of carbonyl (C=O) groups is 10. The molecule has 0 aliphatic carbocycles. The van der Waals surface area contributed by atoms with E-state index in [1.165, 1.54) is 53.2 Å². The van der Waals surface area contributed by atoms with Crippen LogP contribution in [0.3, 0.4) is 0 Å². The molecule has 3 atom stereocenters. The van der Waals surface area contributed by atoms with Gasteiger partial charge in [0.25, 0.3) is 23.6 Å². The number of benzene rings is 4. The number of carbonyl (C=O) groups excluding carboxylic acids is 10. The van der Waals surface area contributed by atoms with Crippen LogP contribution in [0.5, 0.6) is 11.5 Å². The van der Waals surface area contributed by atoms with E-state index in [9.17, 15) is 47.9 Å². The van der Waals surface area contributed by atoms with Crippen LogP contribution in [-0.2, 0) is 35.3 Å². The van der Waals surface area contributed by atoms with Crippen molar-refractivity contribution in [3.05, 3.63) is 124 Å². The van der Waals surface area contributed by atoms with Crippen LogP contribution in [0.25, 0.3) is 31.9 Å². The number of anilines is 3. The molecule has 7 aromatic rings. The predicted octanol–water partition coefficient (Wildman–Crippen LogP) is 9.08. The minimum Gasteiger partial charge on any atom is -0.492 e. The second-order valence-corrected chi connectivity index (χ2v) is 26.4. The summed E-state index contributed by atoms with van der Waals surface area (Å²) in [5, 5.41) is 18.2. The lowest BCUT2D eigenvalue weighted by Crippen LogP contribution is -2.54. The Bertz CT molecular complexity index is 4160. The highest BCUT2D eigenvalue weighted by atomic mass is 35.5. The number of urea groups is 1. The molecule has 518 valence electrons. The van der Waals surface area contributed by atoms with Gasteiger partial charge in [0, 0.05) is 128 Å². The zero-order chi connectivity index (χ0) is 69.7. The Morgan fingerprint density at radius 2 is 1.45 bits per heavy atom. The summed E-state index contributed by atoms with van der Waals surface area (Å²) in [4.78, 5) is 145. The van der Waals surface area contributed by atoms with Gasteiger partial charge in [-0.2, -0.15) is 0 Å². The number of unbranched alkanes of at least 4 members (excludes halogenated alkanes) is 2. The zero-order valence-electron chi connectivity index (χ0n) is 55.4. The summed E-state index contributed by atoms with van der Waals surface area (Å²) < 4.78 is 18.5. The molecule has 28 heteroatoms. The van der Waals surface area contributed by atoms with Crippen LogP contribution in [0.1, 0.15) is 109 Å². The van der Waals surface area contributed by atoms with E-state index >= 15 is 0 Å². The third-order valence-corrected chi connectivity index (χ3v) is 19.1. The topological polar surface area (TPSA) is 332 Å². The van der Waals surface area contributed by atoms with E-state index in [1.807, 2.05) is 30.5 Å². The third kappa shape index (κ3) is 17.6. The number of nitrogens with two attached hydrogens (primary N) is 1. The first kappa shape index (κ1) is 70.8. The molecule has 6 heterocycles. The van der Waals surface area contributed by atoms with Gasteiger partial charge in [0.2, 0.25) is 17.7 Å². The standard InChI is InChI=1S/C70H82ClN13O13S/c1-41(2)62(79-57(85)13-7-6-8-27-83-58(86)22-23-59(83)87)66(90)78-52(12-11-24-73-68(72)92)64(88)74-47-16-14-43(15-17-47)39-96-69(93)80(4)28-29-81(5)70(94)97-56-36-55-61(60-42(3)40-98-63(56)60)46(37-71)38-84(55)67(91)54-35-44-32-48(18-20-50(44)77-54)75-65(89)53-34-45-33-49(19-21-51(45)76-53)95-31-30-82-25-9-10-26-82/h14-23,32-36,40-41,46,52,62,76-77H,6-13,24-31,37-39H2,1-5H3,(H,74,88)(H,75,89)(H,78,90)(H,79,85)(H3,72,73,92)/t46-,52-,62-/m0/s1. The summed E-state index contributed by atoms with van der Waals surface area (Å²) in [6.07, 6.45) is 5.51. The number of ether oxygens (including phenoxy) is 3. The Labute approximate surface area is 575 Å². The van der Waals surface area contributed by atoms with Crippen molar-refractivity contribution in [3.63, 3.8) is 0 Å². The van der Waals surface area contributed by atoms with Crippen molar-refractivity contribution in [2.75, 3.05) is 94.5 Å². The number of hydrogen-bond acceptors (Lipinski definition) is 15. The molecule has 26 nitrogen and oxygen atoms in total. The number of aromatic nitrogens is 2. The van der Waals surface area contributed by atoms with Crippen LogP contribution in [0.4, 0.5) is 31.4 Å². The molecule has 1 fully saturated rings. The minimum atomic E-state index is -1.09. The SMILES string of the molecule is Cc1csc2c(OC(=O)N(C)CCN(C)C(=O)OCc3ccc(NC(=O)[C@H](CCCNC(N)=O)NC(=O)[C@@H](NC(=O)CCCCCN4C(=O)C=CC4=O)C(C)C)cc3)cc3c(c12)[C@@H](CCl)CN3C(=O)c1cc2cc(NC(=O)c3cc4cc(OCCN5CCCC5)ccc4[nH]3)ccc2[nH]1. The van der Waals surface area contributed by atoms with Crippen LogP contribution < -0.4 is 46.7 Å². The quantitative estimate of drug-likeness (QED) is 0.0118.